The second-order valence-corrected chi connectivity index (χ2v) is 10.0. The Morgan fingerprint density at radius 2 is 1.82 bits per heavy atom. The van der Waals surface area contributed by atoms with Crippen LogP contribution in [0.4, 0.5) is 10.1 Å². The van der Waals surface area contributed by atoms with Crippen molar-refractivity contribution in [3.8, 4) is 5.75 Å². The zero-order valence-corrected chi connectivity index (χ0v) is 22.3. The van der Waals surface area contributed by atoms with Crippen molar-refractivity contribution in [1.82, 2.24) is 4.90 Å². The van der Waals surface area contributed by atoms with Crippen molar-refractivity contribution in [2.45, 2.75) is 32.9 Å². The maximum Gasteiger partial charge on any atom is 0.293 e. The Bertz CT molecular complexity index is 1480. The van der Waals surface area contributed by atoms with Gasteiger partial charge in [-0.05, 0) is 71.6 Å². The van der Waals surface area contributed by atoms with Crippen LogP contribution < -0.4 is 9.64 Å². The van der Waals surface area contributed by atoms with E-state index in [4.69, 9.17) is 9.15 Å². The molecule has 0 fully saturated rings. The van der Waals surface area contributed by atoms with Gasteiger partial charge in [-0.3, -0.25) is 9.59 Å². The van der Waals surface area contributed by atoms with E-state index in [1.807, 2.05) is 73.3 Å². The van der Waals surface area contributed by atoms with Crippen LogP contribution >= 0.6 is 0 Å². The molecule has 1 aliphatic rings. The van der Waals surface area contributed by atoms with Gasteiger partial charge in [0, 0.05) is 25.2 Å². The van der Waals surface area contributed by atoms with Crippen LogP contribution in [0.5, 0.6) is 5.75 Å². The van der Waals surface area contributed by atoms with E-state index in [1.54, 1.807) is 25.2 Å². The molecule has 0 saturated heterocycles. The average Bonchev–Trinajstić information content (AvgIpc) is 3.43. The summed E-state index contributed by atoms with van der Waals surface area (Å²) >= 11 is 0. The number of hydrogen-bond acceptors (Lipinski definition) is 4. The van der Waals surface area contributed by atoms with Crippen molar-refractivity contribution in [2.75, 3.05) is 18.5 Å². The molecule has 0 bridgehead atoms. The highest BCUT2D eigenvalue weighted by Crippen LogP contribution is 2.38. The molecule has 200 valence electrons. The first-order chi connectivity index (χ1) is 18.8. The number of para-hydroxylation sites is 1. The Morgan fingerprint density at radius 3 is 2.56 bits per heavy atom. The topological polar surface area (TPSA) is 63.0 Å². The summed E-state index contributed by atoms with van der Waals surface area (Å²) in [5.74, 6) is 0.572. The highest BCUT2D eigenvalue weighted by atomic mass is 19.1. The fourth-order valence-electron chi connectivity index (χ4n) is 4.95. The fraction of sp³-hybridized carbons (Fsp3) is 0.250. The molecular weight excluding hydrogens is 495 g/mol. The van der Waals surface area contributed by atoms with Gasteiger partial charge < -0.3 is 19.0 Å². The number of carbonyl (C=O) groups excluding carboxylic acids is 2. The normalized spacial score (nSPS) is 14.7. The van der Waals surface area contributed by atoms with Gasteiger partial charge in [-0.2, -0.15) is 0 Å². The number of halogens is 1. The molecule has 6 nitrogen and oxygen atoms in total. The third-order valence-corrected chi connectivity index (χ3v) is 6.99. The Labute approximate surface area is 227 Å². The van der Waals surface area contributed by atoms with Gasteiger partial charge in [0.25, 0.3) is 5.91 Å². The van der Waals surface area contributed by atoms with Gasteiger partial charge in [0.2, 0.25) is 5.91 Å². The lowest BCUT2D eigenvalue weighted by Crippen LogP contribution is -2.42. The van der Waals surface area contributed by atoms with Crippen molar-refractivity contribution in [1.29, 1.82) is 0 Å². The van der Waals surface area contributed by atoms with Gasteiger partial charge >= 0.3 is 0 Å². The molecule has 0 radical (unpaired) electrons. The number of nitrogens with zero attached hydrogens (tertiary/aromatic N) is 2. The molecule has 1 atom stereocenters. The Balaban J connectivity index is 1.36. The van der Waals surface area contributed by atoms with E-state index in [-0.39, 0.29) is 35.9 Å². The second kappa shape index (κ2) is 11.2. The summed E-state index contributed by atoms with van der Waals surface area (Å²) in [7, 11) is 1.70. The third-order valence-electron chi connectivity index (χ3n) is 6.99. The molecule has 39 heavy (non-hydrogen) atoms. The smallest absolute Gasteiger partial charge is 0.293 e. The van der Waals surface area contributed by atoms with E-state index >= 15 is 0 Å². The zero-order chi connectivity index (χ0) is 27.5. The molecule has 1 aromatic heterocycles. The van der Waals surface area contributed by atoms with Gasteiger partial charge in [-0.25, -0.2) is 4.39 Å². The van der Waals surface area contributed by atoms with E-state index in [2.05, 4.69) is 0 Å². The standard InChI is InChI=1S/C32H31FN2O4/c1-21(2)31(36)35-17-16-22-12-13-26(19-28(22)30(35)23-8-7-9-24(33)18-23)38-20-27-14-15-29(39-27)32(37)34(3)25-10-5-4-6-11-25/h4-15,18-19,21,30H,16-17,20H2,1-3H3. The Kier molecular flexibility index (Phi) is 7.50. The summed E-state index contributed by atoms with van der Waals surface area (Å²) in [6.45, 7) is 4.44. The number of hydrogen-bond donors (Lipinski definition) is 0. The van der Waals surface area contributed by atoms with Crippen LogP contribution in [-0.2, 0) is 17.8 Å². The Morgan fingerprint density at radius 1 is 1.03 bits per heavy atom. The van der Waals surface area contributed by atoms with Crippen LogP contribution in [0.25, 0.3) is 0 Å². The summed E-state index contributed by atoms with van der Waals surface area (Å²) < 4.78 is 26.1. The van der Waals surface area contributed by atoms with E-state index in [0.717, 1.165) is 22.4 Å². The predicted octanol–water partition coefficient (Wildman–Crippen LogP) is 6.40. The summed E-state index contributed by atoms with van der Waals surface area (Å²) in [5.41, 5.74) is 3.50. The molecule has 0 aliphatic carbocycles. The number of amides is 2. The highest BCUT2D eigenvalue weighted by Gasteiger charge is 2.33. The van der Waals surface area contributed by atoms with Crippen molar-refractivity contribution in [3.05, 3.63) is 119 Å². The minimum absolute atomic E-state index is 0.0227. The van der Waals surface area contributed by atoms with Crippen LogP contribution in [0.1, 0.15) is 52.9 Å². The van der Waals surface area contributed by atoms with Gasteiger partial charge in [-0.1, -0.05) is 50.2 Å². The molecular formula is C32H31FN2O4. The number of rotatable bonds is 7. The lowest BCUT2D eigenvalue weighted by atomic mass is 9.87. The van der Waals surface area contributed by atoms with E-state index < -0.39 is 6.04 Å². The van der Waals surface area contributed by atoms with Crippen LogP contribution in [0.3, 0.4) is 0 Å². The van der Waals surface area contributed by atoms with E-state index in [0.29, 0.717) is 24.5 Å². The molecule has 0 N–H and O–H groups in total. The van der Waals surface area contributed by atoms with Crippen LogP contribution in [0.2, 0.25) is 0 Å². The van der Waals surface area contributed by atoms with Gasteiger partial charge in [-0.15, -0.1) is 0 Å². The second-order valence-electron chi connectivity index (χ2n) is 10.0. The summed E-state index contributed by atoms with van der Waals surface area (Å²) in [5, 5.41) is 0. The summed E-state index contributed by atoms with van der Waals surface area (Å²) in [6, 6.07) is 24.5. The number of furan rings is 1. The first kappa shape index (κ1) is 26.2. The fourth-order valence-corrected chi connectivity index (χ4v) is 4.95. The van der Waals surface area contributed by atoms with Gasteiger partial charge in [0.15, 0.2) is 5.76 Å². The lowest BCUT2D eigenvalue weighted by molar-refractivity contribution is -0.136. The largest absolute Gasteiger partial charge is 0.486 e. The first-order valence-electron chi connectivity index (χ1n) is 13.0. The van der Waals surface area contributed by atoms with Crippen LogP contribution in [-0.4, -0.2) is 30.3 Å². The lowest BCUT2D eigenvalue weighted by Gasteiger charge is -2.39. The molecule has 2 amide bonds. The van der Waals surface area contributed by atoms with E-state index in [9.17, 15) is 14.0 Å². The molecule has 2 heterocycles. The molecule has 7 heteroatoms. The number of ether oxygens (including phenoxy) is 1. The van der Waals surface area contributed by atoms with Gasteiger partial charge in [0.1, 0.15) is 23.9 Å². The predicted molar refractivity (Wildman–Crippen MR) is 147 cm³/mol. The molecule has 1 unspecified atom stereocenters. The molecule has 4 aromatic rings. The SMILES string of the molecule is CC(C)C(=O)N1CCc2ccc(OCc3ccc(C(=O)N(C)c4ccccc4)o3)cc2C1c1cccc(F)c1. The molecule has 5 rings (SSSR count). The minimum Gasteiger partial charge on any atom is -0.486 e. The third kappa shape index (κ3) is 5.58. The number of anilines is 1. The molecule has 3 aromatic carbocycles. The maximum absolute atomic E-state index is 14.2. The summed E-state index contributed by atoms with van der Waals surface area (Å²) in [6.07, 6.45) is 0.707. The molecule has 0 spiro atoms. The maximum atomic E-state index is 14.2. The minimum atomic E-state index is -0.413. The zero-order valence-electron chi connectivity index (χ0n) is 22.3. The number of fused-ring (bicyclic) bond motifs is 1. The van der Waals surface area contributed by atoms with Crippen molar-refractivity contribution in [2.24, 2.45) is 5.92 Å². The van der Waals surface area contributed by atoms with Crippen molar-refractivity contribution < 1.29 is 23.1 Å². The Hall–Kier alpha value is -4.39. The number of carbonyl (C=O) groups is 2. The van der Waals surface area contributed by atoms with Crippen LogP contribution in [0, 0.1) is 11.7 Å². The number of benzene rings is 3. The molecule has 1 aliphatic heterocycles. The molecule has 0 saturated carbocycles. The summed E-state index contributed by atoms with van der Waals surface area (Å²) in [4.78, 5) is 29.3. The van der Waals surface area contributed by atoms with Crippen LogP contribution in [0.15, 0.2) is 89.3 Å². The first-order valence-corrected chi connectivity index (χ1v) is 13.0. The highest BCUT2D eigenvalue weighted by molar-refractivity contribution is 6.03. The average molecular weight is 527 g/mol. The monoisotopic (exact) mass is 526 g/mol. The van der Waals surface area contributed by atoms with Crippen molar-refractivity contribution >= 4 is 17.5 Å². The van der Waals surface area contributed by atoms with Gasteiger partial charge in [0.05, 0.1) is 6.04 Å². The van der Waals surface area contributed by atoms with E-state index in [1.165, 1.54) is 17.0 Å². The quantitative estimate of drug-likeness (QED) is 0.279. The van der Waals surface area contributed by atoms with Crippen molar-refractivity contribution in [3.63, 3.8) is 0 Å².